The summed E-state index contributed by atoms with van der Waals surface area (Å²) in [6.07, 6.45) is 3.46. The number of nitrogens with one attached hydrogen (secondary N) is 1. The van der Waals surface area contributed by atoms with Gasteiger partial charge in [-0.25, -0.2) is 0 Å². The fourth-order valence-electron chi connectivity index (χ4n) is 4.51. The van der Waals surface area contributed by atoms with Gasteiger partial charge in [-0.1, -0.05) is 24.3 Å². The SMILES string of the molecule is CCOc1ccc([C@H]2c3c(-c4ccccc4O)n[nH]c3C(=O)N2Cc2cccnc2)cc1OCC. The third-order valence-electron chi connectivity index (χ3n) is 5.98. The molecule has 4 aromatic rings. The molecule has 1 atom stereocenters. The first-order valence-electron chi connectivity index (χ1n) is 11.6. The maximum absolute atomic E-state index is 13.6. The summed E-state index contributed by atoms with van der Waals surface area (Å²) < 4.78 is 11.6. The first kappa shape index (κ1) is 22.5. The first-order chi connectivity index (χ1) is 17.1. The van der Waals surface area contributed by atoms with Crippen LogP contribution in [0.5, 0.6) is 17.2 Å². The van der Waals surface area contributed by atoms with Gasteiger partial charge in [0.25, 0.3) is 5.91 Å². The highest BCUT2D eigenvalue weighted by Crippen LogP contribution is 2.46. The maximum Gasteiger partial charge on any atom is 0.273 e. The van der Waals surface area contributed by atoms with Crippen molar-refractivity contribution in [2.45, 2.75) is 26.4 Å². The van der Waals surface area contributed by atoms with Crippen molar-refractivity contribution in [1.82, 2.24) is 20.1 Å². The second kappa shape index (κ2) is 9.50. The Kier molecular flexibility index (Phi) is 6.10. The minimum absolute atomic E-state index is 0.0976. The van der Waals surface area contributed by atoms with Gasteiger partial charge in [0.15, 0.2) is 11.5 Å². The lowest BCUT2D eigenvalue weighted by Gasteiger charge is -2.27. The molecule has 1 amide bonds. The molecule has 1 aliphatic rings. The molecule has 0 spiro atoms. The highest BCUT2D eigenvalue weighted by molar-refractivity contribution is 6.00. The molecule has 0 unspecified atom stereocenters. The fourth-order valence-corrected chi connectivity index (χ4v) is 4.51. The lowest BCUT2D eigenvalue weighted by atomic mass is 9.95. The Morgan fingerprint density at radius 2 is 1.83 bits per heavy atom. The maximum atomic E-state index is 13.6. The van der Waals surface area contributed by atoms with Crippen LogP contribution in [0.2, 0.25) is 0 Å². The number of para-hydroxylation sites is 1. The molecule has 0 saturated carbocycles. The number of carbonyl (C=O) groups excluding carboxylic acids is 1. The summed E-state index contributed by atoms with van der Waals surface area (Å²) in [5.41, 5.74) is 3.98. The first-order valence-corrected chi connectivity index (χ1v) is 11.6. The van der Waals surface area contributed by atoms with Crippen molar-refractivity contribution < 1.29 is 19.4 Å². The number of nitrogens with zero attached hydrogens (tertiary/aromatic N) is 3. The van der Waals surface area contributed by atoms with Gasteiger partial charge in [-0.3, -0.25) is 14.9 Å². The molecule has 0 radical (unpaired) electrons. The minimum Gasteiger partial charge on any atom is -0.507 e. The number of rotatable bonds is 8. The zero-order valence-electron chi connectivity index (χ0n) is 19.6. The van der Waals surface area contributed by atoms with Crippen LogP contribution in [0.3, 0.4) is 0 Å². The van der Waals surface area contributed by atoms with Crippen LogP contribution in [0, 0.1) is 0 Å². The molecule has 1 aliphatic heterocycles. The van der Waals surface area contributed by atoms with Crippen LogP contribution in [0.25, 0.3) is 11.3 Å². The lowest BCUT2D eigenvalue weighted by molar-refractivity contribution is 0.0729. The molecular formula is C27H26N4O4. The monoisotopic (exact) mass is 470 g/mol. The van der Waals surface area contributed by atoms with Crippen molar-refractivity contribution in [3.63, 3.8) is 0 Å². The summed E-state index contributed by atoms with van der Waals surface area (Å²) in [6, 6.07) is 16.1. The zero-order valence-corrected chi connectivity index (χ0v) is 19.6. The molecule has 8 nitrogen and oxygen atoms in total. The molecule has 0 bridgehead atoms. The molecule has 8 heteroatoms. The Balaban J connectivity index is 1.67. The molecule has 178 valence electrons. The smallest absolute Gasteiger partial charge is 0.273 e. The van der Waals surface area contributed by atoms with Gasteiger partial charge in [0.1, 0.15) is 17.1 Å². The number of phenolic OH excluding ortho intramolecular Hbond substituents is 1. The number of aromatic amines is 1. The largest absolute Gasteiger partial charge is 0.507 e. The van der Waals surface area contributed by atoms with Crippen molar-refractivity contribution in [3.8, 4) is 28.5 Å². The number of aromatic nitrogens is 3. The summed E-state index contributed by atoms with van der Waals surface area (Å²) in [4.78, 5) is 19.6. The topological polar surface area (TPSA) is 101 Å². The number of carbonyl (C=O) groups is 1. The van der Waals surface area contributed by atoms with Gasteiger partial charge in [-0.05, 0) is 55.3 Å². The average molecular weight is 471 g/mol. The van der Waals surface area contributed by atoms with Crippen LogP contribution in [0.1, 0.15) is 47.1 Å². The van der Waals surface area contributed by atoms with Crippen molar-refractivity contribution >= 4 is 5.91 Å². The Hall–Kier alpha value is -4.33. The number of aromatic hydroxyl groups is 1. The Labute approximate surface area is 203 Å². The van der Waals surface area contributed by atoms with Crippen molar-refractivity contribution in [1.29, 1.82) is 0 Å². The van der Waals surface area contributed by atoms with Crippen LogP contribution in [0.15, 0.2) is 67.0 Å². The number of hydrogen-bond donors (Lipinski definition) is 2. The van der Waals surface area contributed by atoms with Crippen molar-refractivity contribution in [3.05, 3.63) is 89.4 Å². The molecule has 35 heavy (non-hydrogen) atoms. The van der Waals surface area contributed by atoms with E-state index in [1.165, 1.54) is 0 Å². The number of benzene rings is 2. The predicted octanol–water partition coefficient (Wildman–Crippen LogP) is 4.72. The third kappa shape index (κ3) is 4.07. The van der Waals surface area contributed by atoms with E-state index in [9.17, 15) is 9.90 Å². The second-order valence-electron chi connectivity index (χ2n) is 8.15. The Bertz CT molecular complexity index is 1350. The Morgan fingerprint density at radius 1 is 1.03 bits per heavy atom. The third-order valence-corrected chi connectivity index (χ3v) is 5.98. The second-order valence-corrected chi connectivity index (χ2v) is 8.15. The molecule has 2 aromatic carbocycles. The number of ether oxygens (including phenoxy) is 2. The number of H-pyrrole nitrogens is 1. The van der Waals surface area contributed by atoms with Gasteiger partial charge in [0.2, 0.25) is 0 Å². The van der Waals surface area contributed by atoms with E-state index in [2.05, 4.69) is 15.2 Å². The molecule has 3 heterocycles. The Morgan fingerprint density at radius 3 is 2.57 bits per heavy atom. The highest BCUT2D eigenvalue weighted by atomic mass is 16.5. The van der Waals surface area contributed by atoms with E-state index in [0.717, 1.165) is 11.1 Å². The summed E-state index contributed by atoms with van der Waals surface area (Å²) in [5.74, 6) is 1.19. The van der Waals surface area contributed by atoms with E-state index >= 15 is 0 Å². The summed E-state index contributed by atoms with van der Waals surface area (Å²) in [7, 11) is 0. The number of fused-ring (bicyclic) bond motifs is 1. The summed E-state index contributed by atoms with van der Waals surface area (Å²) in [5, 5.41) is 17.9. The van der Waals surface area contributed by atoms with Gasteiger partial charge in [0, 0.05) is 30.1 Å². The predicted molar refractivity (Wildman–Crippen MR) is 130 cm³/mol. The van der Waals surface area contributed by atoms with Crippen LogP contribution in [-0.2, 0) is 6.54 Å². The normalized spacial score (nSPS) is 14.7. The standard InChI is InChI=1S/C27H26N4O4/c1-3-34-21-12-11-18(14-22(21)35-4-2)26-23-24(19-9-5-6-10-20(19)32)29-30-25(23)27(33)31(26)16-17-8-7-13-28-15-17/h5-15,26,32H,3-4,16H2,1-2H3,(H,29,30)/t26-/m0/s1. The van der Waals surface area contributed by atoms with Gasteiger partial charge in [0.05, 0.1) is 19.3 Å². The number of hydrogen-bond acceptors (Lipinski definition) is 6. The highest BCUT2D eigenvalue weighted by Gasteiger charge is 2.42. The van der Waals surface area contributed by atoms with E-state index < -0.39 is 6.04 Å². The quantitative estimate of drug-likeness (QED) is 0.387. The van der Waals surface area contributed by atoms with Crippen LogP contribution < -0.4 is 9.47 Å². The van der Waals surface area contributed by atoms with E-state index in [4.69, 9.17) is 9.47 Å². The summed E-state index contributed by atoms with van der Waals surface area (Å²) in [6.45, 7) is 5.19. The van der Waals surface area contributed by atoms with Gasteiger partial charge < -0.3 is 19.5 Å². The zero-order chi connectivity index (χ0) is 24.4. The van der Waals surface area contributed by atoms with Gasteiger partial charge in [-0.15, -0.1) is 0 Å². The lowest BCUT2D eigenvalue weighted by Crippen LogP contribution is -2.29. The van der Waals surface area contributed by atoms with E-state index in [0.29, 0.717) is 53.8 Å². The fraction of sp³-hybridized carbons (Fsp3) is 0.222. The molecule has 2 N–H and O–H groups in total. The van der Waals surface area contributed by atoms with Crippen molar-refractivity contribution in [2.24, 2.45) is 0 Å². The van der Waals surface area contributed by atoms with E-state index in [1.54, 1.807) is 35.5 Å². The molecule has 0 aliphatic carbocycles. The van der Waals surface area contributed by atoms with Gasteiger partial charge in [-0.2, -0.15) is 5.10 Å². The van der Waals surface area contributed by atoms with E-state index in [-0.39, 0.29) is 11.7 Å². The number of amides is 1. The molecule has 0 fully saturated rings. The van der Waals surface area contributed by atoms with Crippen LogP contribution in [0.4, 0.5) is 0 Å². The molecule has 2 aromatic heterocycles. The van der Waals surface area contributed by atoms with Crippen molar-refractivity contribution in [2.75, 3.05) is 13.2 Å². The molecule has 5 rings (SSSR count). The van der Waals surface area contributed by atoms with Crippen LogP contribution in [-0.4, -0.2) is 44.3 Å². The number of pyridine rings is 1. The summed E-state index contributed by atoms with van der Waals surface area (Å²) >= 11 is 0. The average Bonchev–Trinajstić information content (AvgIpc) is 3.41. The number of phenols is 1. The minimum atomic E-state index is -0.457. The van der Waals surface area contributed by atoms with E-state index in [1.807, 2.05) is 50.2 Å². The molecule has 0 saturated heterocycles. The van der Waals surface area contributed by atoms with Crippen LogP contribution >= 0.6 is 0 Å². The molecular weight excluding hydrogens is 444 g/mol. The van der Waals surface area contributed by atoms with Gasteiger partial charge >= 0.3 is 0 Å².